The number of unbranched alkanes of at least 4 members (excludes halogenated alkanes) is 12. The van der Waals surface area contributed by atoms with E-state index in [1.807, 2.05) is 0 Å². The summed E-state index contributed by atoms with van der Waals surface area (Å²) >= 11 is 0. The number of aromatic amines is 2. The Morgan fingerprint density at radius 1 is 0.615 bits per heavy atom. The molecule has 15 heteroatoms. The third-order valence-electron chi connectivity index (χ3n) is 9.05. The largest absolute Gasteiger partial charge is 0.396 e. The Hall–Kier alpha value is -4.27. The monoisotopic (exact) mass is 729 g/mol. The van der Waals surface area contributed by atoms with Crippen LogP contribution in [0.2, 0.25) is 0 Å². The lowest BCUT2D eigenvalue weighted by Crippen LogP contribution is -2.59. The first kappa shape index (κ1) is 43.9. The molecular formula is C37H63N9O6. The highest BCUT2D eigenvalue weighted by Gasteiger charge is 2.31. The van der Waals surface area contributed by atoms with Crippen molar-refractivity contribution in [2.24, 2.45) is 5.92 Å². The van der Waals surface area contributed by atoms with Crippen molar-refractivity contribution in [3.63, 3.8) is 0 Å². The van der Waals surface area contributed by atoms with Gasteiger partial charge in [-0.2, -0.15) is 0 Å². The van der Waals surface area contributed by atoms with Crippen LogP contribution in [0.1, 0.15) is 122 Å². The summed E-state index contributed by atoms with van der Waals surface area (Å²) in [7, 11) is 1.47. The van der Waals surface area contributed by atoms with Crippen molar-refractivity contribution in [3.8, 4) is 0 Å². The SMILES string of the molecule is CNC(=O)[C@H](Cc1cnc[nH]1)NC(=O)[C@@H](NC(=O)[C@H](C)NC(=O)[C@H](Cc1cnc[nH]1)NC(=O)CCCCCCCCCCCCCCCO)C(C)C. The molecule has 0 aliphatic heterocycles. The van der Waals surface area contributed by atoms with Crippen LogP contribution in [0, 0.1) is 5.92 Å². The summed E-state index contributed by atoms with van der Waals surface area (Å²) in [6.07, 6.45) is 21.3. The Balaban J connectivity index is 1.82. The van der Waals surface area contributed by atoms with Gasteiger partial charge in [-0.25, -0.2) is 9.97 Å². The van der Waals surface area contributed by atoms with E-state index in [4.69, 9.17) is 5.11 Å². The third kappa shape index (κ3) is 17.8. The average molecular weight is 730 g/mol. The molecule has 292 valence electrons. The zero-order valence-corrected chi connectivity index (χ0v) is 31.6. The summed E-state index contributed by atoms with van der Waals surface area (Å²) in [4.78, 5) is 79.2. The number of aromatic nitrogens is 4. The highest BCUT2D eigenvalue weighted by Crippen LogP contribution is 2.13. The zero-order chi connectivity index (χ0) is 38.1. The molecule has 0 spiro atoms. The van der Waals surface area contributed by atoms with Crippen LogP contribution >= 0.6 is 0 Å². The highest BCUT2D eigenvalue weighted by atomic mass is 16.3. The van der Waals surface area contributed by atoms with Crippen LogP contribution < -0.4 is 26.6 Å². The molecule has 2 aromatic heterocycles. The molecule has 0 saturated heterocycles. The summed E-state index contributed by atoms with van der Waals surface area (Å²) in [5.41, 5.74) is 1.30. The Morgan fingerprint density at radius 3 is 1.54 bits per heavy atom. The van der Waals surface area contributed by atoms with Gasteiger partial charge < -0.3 is 41.7 Å². The highest BCUT2D eigenvalue weighted by molar-refractivity contribution is 5.95. The third-order valence-corrected chi connectivity index (χ3v) is 9.05. The van der Waals surface area contributed by atoms with Crippen LogP contribution in [0.5, 0.6) is 0 Å². The molecule has 2 heterocycles. The average Bonchev–Trinajstić information content (AvgIpc) is 3.84. The number of H-pyrrole nitrogens is 2. The van der Waals surface area contributed by atoms with Gasteiger partial charge in [-0.1, -0.05) is 84.5 Å². The van der Waals surface area contributed by atoms with Crippen molar-refractivity contribution >= 4 is 29.5 Å². The number of hydrogen-bond acceptors (Lipinski definition) is 8. The van der Waals surface area contributed by atoms with Crippen LogP contribution in [0.15, 0.2) is 25.0 Å². The summed E-state index contributed by atoms with van der Waals surface area (Å²) in [5, 5.41) is 22.3. The summed E-state index contributed by atoms with van der Waals surface area (Å²) in [6.45, 7) is 5.32. The van der Waals surface area contributed by atoms with Gasteiger partial charge in [-0.3, -0.25) is 24.0 Å². The van der Waals surface area contributed by atoms with Gasteiger partial charge in [0.25, 0.3) is 0 Å². The maximum atomic E-state index is 13.4. The van der Waals surface area contributed by atoms with Crippen molar-refractivity contribution in [3.05, 3.63) is 36.4 Å². The Kier molecular flexibility index (Phi) is 21.6. The van der Waals surface area contributed by atoms with Gasteiger partial charge in [-0.15, -0.1) is 0 Å². The van der Waals surface area contributed by atoms with Gasteiger partial charge in [0.15, 0.2) is 0 Å². The molecule has 8 N–H and O–H groups in total. The summed E-state index contributed by atoms with van der Waals surface area (Å²) in [6, 6.07) is -3.87. The van der Waals surface area contributed by atoms with Gasteiger partial charge in [0, 0.05) is 56.7 Å². The van der Waals surface area contributed by atoms with E-state index in [0.29, 0.717) is 24.4 Å². The van der Waals surface area contributed by atoms with E-state index >= 15 is 0 Å². The first-order chi connectivity index (χ1) is 25.0. The lowest BCUT2D eigenvalue weighted by atomic mass is 10.0. The minimum Gasteiger partial charge on any atom is -0.396 e. The Labute approximate surface area is 308 Å². The molecule has 0 saturated carbocycles. The van der Waals surface area contributed by atoms with Gasteiger partial charge in [0.1, 0.15) is 24.2 Å². The fourth-order valence-corrected chi connectivity index (χ4v) is 5.89. The van der Waals surface area contributed by atoms with E-state index in [2.05, 4.69) is 46.5 Å². The fourth-order valence-electron chi connectivity index (χ4n) is 5.89. The van der Waals surface area contributed by atoms with E-state index in [0.717, 1.165) is 38.5 Å². The number of rotatable bonds is 28. The van der Waals surface area contributed by atoms with Gasteiger partial charge in [0.2, 0.25) is 29.5 Å². The zero-order valence-electron chi connectivity index (χ0n) is 31.6. The van der Waals surface area contributed by atoms with Crippen LogP contribution in [0.25, 0.3) is 0 Å². The second-order valence-electron chi connectivity index (χ2n) is 13.9. The molecule has 5 amide bonds. The van der Waals surface area contributed by atoms with E-state index in [1.165, 1.54) is 71.6 Å². The van der Waals surface area contributed by atoms with E-state index in [-0.39, 0.29) is 24.7 Å². The lowest BCUT2D eigenvalue weighted by Gasteiger charge is -2.27. The van der Waals surface area contributed by atoms with Crippen molar-refractivity contribution in [1.82, 2.24) is 46.5 Å². The normalized spacial score (nSPS) is 13.5. The molecule has 15 nitrogen and oxygen atoms in total. The fraction of sp³-hybridized carbons (Fsp3) is 0.703. The van der Waals surface area contributed by atoms with E-state index in [1.54, 1.807) is 26.2 Å². The molecule has 2 rings (SSSR count). The molecule has 0 aliphatic rings. The van der Waals surface area contributed by atoms with Crippen LogP contribution in [-0.4, -0.2) is 92.4 Å². The number of carbonyl (C=O) groups is 5. The number of imidazole rings is 2. The molecule has 0 fully saturated rings. The molecule has 52 heavy (non-hydrogen) atoms. The quantitative estimate of drug-likeness (QED) is 0.0607. The number of nitrogens with zero attached hydrogens (tertiary/aromatic N) is 2. The molecule has 0 aliphatic carbocycles. The van der Waals surface area contributed by atoms with Crippen LogP contribution in [0.3, 0.4) is 0 Å². The lowest BCUT2D eigenvalue weighted by molar-refractivity contribution is -0.135. The standard InChI is InChI=1S/C37H63N9O6/c1-26(2)33(37(52)45-30(35(50)38-4)20-28-22-39-24-41-28)46-34(49)27(3)43-36(51)31(21-29-23-40-25-42-29)44-32(48)18-16-14-12-10-8-6-5-7-9-11-13-15-17-19-47/h22-27,30-31,33,47H,5-21H2,1-4H3,(H,38,50)(H,39,41)(H,40,42)(H,43,51)(H,44,48)(H,45,52)(H,46,49)/t27-,30-,31-,33-/m0/s1. The molecule has 4 atom stereocenters. The smallest absolute Gasteiger partial charge is 0.243 e. The molecule has 0 aromatic carbocycles. The van der Waals surface area contributed by atoms with Crippen molar-refractivity contribution < 1.29 is 29.1 Å². The molecular weight excluding hydrogens is 666 g/mol. The van der Waals surface area contributed by atoms with E-state index < -0.39 is 47.8 Å². The number of likely N-dealkylation sites (N-methyl/N-ethyl adjacent to an activating group) is 1. The van der Waals surface area contributed by atoms with Crippen molar-refractivity contribution in [2.45, 2.75) is 148 Å². The van der Waals surface area contributed by atoms with Crippen molar-refractivity contribution in [2.75, 3.05) is 13.7 Å². The topological polar surface area (TPSA) is 223 Å². The first-order valence-corrected chi connectivity index (χ1v) is 19.0. The molecule has 2 aromatic rings. The minimum atomic E-state index is -1.03. The molecule has 0 bridgehead atoms. The van der Waals surface area contributed by atoms with Crippen LogP contribution in [-0.2, 0) is 36.8 Å². The summed E-state index contributed by atoms with van der Waals surface area (Å²) < 4.78 is 0. The maximum Gasteiger partial charge on any atom is 0.243 e. The number of aliphatic hydroxyl groups is 1. The molecule has 0 radical (unpaired) electrons. The van der Waals surface area contributed by atoms with Crippen molar-refractivity contribution in [1.29, 1.82) is 0 Å². The van der Waals surface area contributed by atoms with Gasteiger partial charge in [0.05, 0.1) is 12.7 Å². The number of aliphatic hydroxyl groups excluding tert-OH is 1. The minimum absolute atomic E-state index is 0.156. The van der Waals surface area contributed by atoms with E-state index in [9.17, 15) is 24.0 Å². The number of amides is 5. The first-order valence-electron chi connectivity index (χ1n) is 19.0. The maximum absolute atomic E-state index is 13.4. The second-order valence-corrected chi connectivity index (χ2v) is 13.9. The number of nitrogens with one attached hydrogen (secondary N) is 7. The predicted molar refractivity (Wildman–Crippen MR) is 199 cm³/mol. The number of hydrogen-bond donors (Lipinski definition) is 8. The number of carbonyl (C=O) groups excluding carboxylic acids is 5. The summed E-state index contributed by atoms with van der Waals surface area (Å²) in [5.74, 6) is -2.65. The van der Waals surface area contributed by atoms with Crippen LogP contribution in [0.4, 0.5) is 0 Å². The Morgan fingerprint density at radius 2 is 1.10 bits per heavy atom. The van der Waals surface area contributed by atoms with Gasteiger partial charge in [-0.05, 0) is 25.7 Å². The predicted octanol–water partition coefficient (Wildman–Crippen LogP) is 2.73. The van der Waals surface area contributed by atoms with Gasteiger partial charge >= 0.3 is 0 Å². The second kappa shape index (κ2) is 25.6. The molecule has 0 unspecified atom stereocenters. The Bertz CT molecular complexity index is 1300.